The fourth-order valence-corrected chi connectivity index (χ4v) is 4.14. The molecule has 5 nitrogen and oxygen atoms in total. The van der Waals surface area contributed by atoms with Crippen LogP contribution in [-0.4, -0.2) is 32.6 Å². The molecule has 0 spiro atoms. The van der Waals surface area contributed by atoms with E-state index in [9.17, 15) is 9.50 Å². The highest BCUT2D eigenvalue weighted by molar-refractivity contribution is 5.23. The van der Waals surface area contributed by atoms with E-state index in [0.29, 0.717) is 12.4 Å². The van der Waals surface area contributed by atoms with Crippen LogP contribution in [0.5, 0.6) is 5.75 Å². The van der Waals surface area contributed by atoms with Gasteiger partial charge in [-0.2, -0.15) is 5.10 Å². The van der Waals surface area contributed by atoms with E-state index in [1.54, 1.807) is 29.2 Å². The van der Waals surface area contributed by atoms with Gasteiger partial charge in [0.2, 0.25) is 0 Å². The number of aromatic nitrogens is 3. The van der Waals surface area contributed by atoms with Gasteiger partial charge in [-0.05, 0) is 49.7 Å². The Morgan fingerprint density at radius 2 is 2.00 bits per heavy atom. The van der Waals surface area contributed by atoms with Crippen molar-refractivity contribution in [2.24, 2.45) is 5.41 Å². The largest absolute Gasteiger partial charge is 0.491 e. The quantitative estimate of drug-likeness (QED) is 0.654. The van der Waals surface area contributed by atoms with Gasteiger partial charge in [-0.15, -0.1) is 0 Å². The van der Waals surface area contributed by atoms with E-state index in [0.717, 1.165) is 32.1 Å². The van der Waals surface area contributed by atoms with Crippen LogP contribution < -0.4 is 4.74 Å². The number of hydrogen-bond donors (Lipinski definition) is 1. The first kappa shape index (κ1) is 19.8. The minimum atomic E-state index is -0.452. The highest BCUT2D eigenvalue weighted by Gasteiger charge is 2.39. The Labute approximate surface area is 160 Å². The molecule has 148 valence electrons. The van der Waals surface area contributed by atoms with E-state index in [1.165, 1.54) is 31.7 Å². The molecule has 1 heterocycles. The normalized spacial score (nSPS) is 18.8. The van der Waals surface area contributed by atoms with Gasteiger partial charge in [-0.25, -0.2) is 14.1 Å². The number of rotatable bonds is 9. The summed E-state index contributed by atoms with van der Waals surface area (Å²) in [6, 6.07) is 6.36. The van der Waals surface area contributed by atoms with Gasteiger partial charge in [-0.3, -0.25) is 0 Å². The van der Waals surface area contributed by atoms with Crippen molar-refractivity contribution in [2.75, 3.05) is 6.61 Å². The number of unbranched alkanes of at least 4 members (excludes halogenated alkanes) is 1. The van der Waals surface area contributed by atoms with Crippen molar-refractivity contribution in [2.45, 2.75) is 70.4 Å². The molecule has 2 atom stereocenters. The van der Waals surface area contributed by atoms with Gasteiger partial charge in [0, 0.05) is 0 Å². The maximum atomic E-state index is 13.6. The molecule has 2 aromatic rings. The zero-order valence-corrected chi connectivity index (χ0v) is 16.1. The summed E-state index contributed by atoms with van der Waals surface area (Å²) in [5.74, 6) is -0.0429. The average Bonchev–Trinajstić information content (AvgIpc) is 3.20. The second kappa shape index (κ2) is 9.31. The summed E-state index contributed by atoms with van der Waals surface area (Å²) in [7, 11) is 0. The van der Waals surface area contributed by atoms with Gasteiger partial charge < -0.3 is 9.84 Å². The smallest absolute Gasteiger partial charge is 0.165 e. The number of aliphatic hydroxyl groups excluding tert-OH is 1. The third kappa shape index (κ3) is 5.06. The van der Waals surface area contributed by atoms with E-state index in [-0.39, 0.29) is 17.3 Å². The number of ether oxygens (including phenoxy) is 1. The molecule has 27 heavy (non-hydrogen) atoms. The molecule has 0 bridgehead atoms. The average molecular weight is 375 g/mol. The molecule has 2 unspecified atom stereocenters. The predicted molar refractivity (Wildman–Crippen MR) is 102 cm³/mol. The van der Waals surface area contributed by atoms with Crippen LogP contribution >= 0.6 is 0 Å². The Hall–Kier alpha value is -1.95. The first-order chi connectivity index (χ1) is 13.1. The summed E-state index contributed by atoms with van der Waals surface area (Å²) in [6.45, 7) is 2.65. The lowest BCUT2D eigenvalue weighted by atomic mass is 9.69. The Bertz CT molecular complexity index is 686. The van der Waals surface area contributed by atoms with E-state index in [4.69, 9.17) is 4.74 Å². The Kier molecular flexibility index (Phi) is 6.83. The predicted octanol–water partition coefficient (Wildman–Crippen LogP) is 4.54. The summed E-state index contributed by atoms with van der Waals surface area (Å²) in [6.07, 6.45) is 10.9. The van der Waals surface area contributed by atoms with Crippen molar-refractivity contribution in [3.63, 3.8) is 0 Å². The van der Waals surface area contributed by atoms with Crippen molar-refractivity contribution in [1.82, 2.24) is 14.8 Å². The summed E-state index contributed by atoms with van der Waals surface area (Å²) >= 11 is 0. The molecule has 3 rings (SSSR count). The van der Waals surface area contributed by atoms with Gasteiger partial charge in [0.25, 0.3) is 0 Å². The highest BCUT2D eigenvalue weighted by atomic mass is 19.1. The van der Waals surface area contributed by atoms with Crippen LogP contribution in [0, 0.1) is 11.2 Å². The number of para-hydroxylation sites is 1. The van der Waals surface area contributed by atoms with E-state index < -0.39 is 6.10 Å². The summed E-state index contributed by atoms with van der Waals surface area (Å²) in [5, 5.41) is 15.5. The Morgan fingerprint density at radius 1 is 1.22 bits per heavy atom. The minimum absolute atomic E-state index is 0.0709. The van der Waals surface area contributed by atoms with Gasteiger partial charge in [0.1, 0.15) is 12.7 Å². The van der Waals surface area contributed by atoms with Crippen LogP contribution in [0.25, 0.3) is 0 Å². The molecule has 6 heteroatoms. The number of aliphatic hydroxyl groups is 1. The van der Waals surface area contributed by atoms with Gasteiger partial charge in [0.05, 0.1) is 18.8 Å². The SMILES string of the molecule is CC1(C(O)C(CCCCOc2ccccc2F)n2cncn2)CCCCC1. The van der Waals surface area contributed by atoms with Gasteiger partial charge in [0.15, 0.2) is 11.6 Å². The Morgan fingerprint density at radius 3 is 2.70 bits per heavy atom. The molecule has 0 saturated heterocycles. The molecule has 1 aliphatic carbocycles. The maximum Gasteiger partial charge on any atom is 0.165 e. The maximum absolute atomic E-state index is 13.6. The first-order valence-corrected chi connectivity index (χ1v) is 10.00. The number of hydrogen-bond acceptors (Lipinski definition) is 4. The molecule has 1 aromatic heterocycles. The van der Waals surface area contributed by atoms with Crippen molar-refractivity contribution in [3.05, 3.63) is 42.7 Å². The molecule has 1 aliphatic rings. The lowest BCUT2D eigenvalue weighted by Crippen LogP contribution is -2.41. The standard InChI is InChI=1S/C21H30FN3O2/c1-21(12-6-2-7-13-21)20(26)18(25-16-23-15-24-25)10-5-8-14-27-19-11-4-3-9-17(19)22/h3-4,9,11,15-16,18,20,26H,2,5-8,10,12-14H2,1H3. The number of halogens is 1. The third-order valence-electron chi connectivity index (χ3n) is 5.84. The summed E-state index contributed by atoms with van der Waals surface area (Å²) in [5.41, 5.74) is -0.0709. The van der Waals surface area contributed by atoms with Gasteiger partial charge >= 0.3 is 0 Å². The summed E-state index contributed by atoms with van der Waals surface area (Å²) in [4.78, 5) is 4.06. The topological polar surface area (TPSA) is 60.2 Å². The monoisotopic (exact) mass is 375 g/mol. The molecule has 1 aromatic carbocycles. The third-order valence-corrected chi connectivity index (χ3v) is 5.84. The van der Waals surface area contributed by atoms with E-state index in [1.807, 2.05) is 0 Å². The zero-order valence-electron chi connectivity index (χ0n) is 16.1. The fourth-order valence-electron chi connectivity index (χ4n) is 4.14. The Balaban J connectivity index is 1.54. The molecule has 0 aliphatic heterocycles. The number of benzene rings is 1. The van der Waals surface area contributed by atoms with Crippen LogP contribution in [0.3, 0.4) is 0 Å². The first-order valence-electron chi connectivity index (χ1n) is 10.00. The molecular formula is C21H30FN3O2. The lowest BCUT2D eigenvalue weighted by Gasteiger charge is -2.41. The van der Waals surface area contributed by atoms with E-state index in [2.05, 4.69) is 17.0 Å². The van der Waals surface area contributed by atoms with Crippen molar-refractivity contribution >= 4 is 0 Å². The fraction of sp³-hybridized carbons (Fsp3) is 0.619. The van der Waals surface area contributed by atoms with Crippen LogP contribution in [0.4, 0.5) is 4.39 Å². The number of nitrogens with zero attached hydrogens (tertiary/aromatic N) is 3. The second-order valence-electron chi connectivity index (χ2n) is 7.88. The molecule has 0 amide bonds. The molecule has 1 fully saturated rings. The van der Waals surface area contributed by atoms with Gasteiger partial charge in [-0.1, -0.05) is 38.3 Å². The van der Waals surface area contributed by atoms with E-state index >= 15 is 0 Å². The zero-order chi connectivity index (χ0) is 19.1. The molecule has 1 saturated carbocycles. The van der Waals surface area contributed by atoms with Crippen molar-refractivity contribution < 1.29 is 14.2 Å². The summed E-state index contributed by atoms with van der Waals surface area (Å²) < 4.78 is 20.9. The molecule has 0 radical (unpaired) electrons. The second-order valence-corrected chi connectivity index (χ2v) is 7.88. The molecule has 1 N–H and O–H groups in total. The van der Waals surface area contributed by atoms with Crippen molar-refractivity contribution in [3.8, 4) is 5.75 Å². The molecular weight excluding hydrogens is 345 g/mol. The van der Waals surface area contributed by atoms with Crippen LogP contribution in [0.1, 0.15) is 64.3 Å². The minimum Gasteiger partial charge on any atom is -0.491 e. The van der Waals surface area contributed by atoms with Crippen LogP contribution in [0.2, 0.25) is 0 Å². The van der Waals surface area contributed by atoms with Crippen LogP contribution in [-0.2, 0) is 0 Å². The van der Waals surface area contributed by atoms with Crippen LogP contribution in [0.15, 0.2) is 36.9 Å². The lowest BCUT2D eigenvalue weighted by molar-refractivity contribution is -0.0325. The highest BCUT2D eigenvalue weighted by Crippen LogP contribution is 2.43. The van der Waals surface area contributed by atoms with Crippen molar-refractivity contribution in [1.29, 1.82) is 0 Å².